The molecule has 4 nitrogen and oxygen atoms in total. The molecule has 0 aromatic carbocycles. The van der Waals surface area contributed by atoms with Crippen LogP contribution in [0.5, 0.6) is 0 Å². The third-order valence-corrected chi connectivity index (χ3v) is 1.34. The van der Waals surface area contributed by atoms with Gasteiger partial charge in [0.15, 0.2) is 11.0 Å². The number of nitrogens with zero attached hydrogens (tertiary/aromatic N) is 3. The highest BCUT2D eigenvalue weighted by molar-refractivity contribution is 6.29. The van der Waals surface area contributed by atoms with Crippen molar-refractivity contribution in [2.45, 2.75) is 0 Å². The monoisotopic (exact) mass is 154 g/mol. The van der Waals surface area contributed by atoms with E-state index in [2.05, 4.69) is 20.2 Å². The van der Waals surface area contributed by atoms with Crippen molar-refractivity contribution in [2.24, 2.45) is 0 Å². The molecular weight excluding hydrogens is 152 g/mol. The van der Waals surface area contributed by atoms with Crippen LogP contribution in [-0.2, 0) is 0 Å². The van der Waals surface area contributed by atoms with Crippen molar-refractivity contribution >= 4 is 11.6 Å². The molecule has 1 N–H and O–H groups in total. The lowest BCUT2D eigenvalue weighted by atomic mass is 10.4. The normalized spacial score (nSPS) is 10.5. The minimum absolute atomic E-state index is 0.396. The van der Waals surface area contributed by atoms with E-state index in [0.29, 0.717) is 11.0 Å². The van der Waals surface area contributed by atoms with Gasteiger partial charge in [-0.15, -0.1) is 0 Å². The Morgan fingerprint density at radius 2 is 2.30 bits per heavy atom. The fraction of sp³-hybridized carbons (Fsp3) is 0. The zero-order chi connectivity index (χ0) is 6.97. The molecule has 0 bridgehead atoms. The van der Waals surface area contributed by atoms with E-state index in [4.69, 9.17) is 11.6 Å². The zero-order valence-corrected chi connectivity index (χ0v) is 5.63. The summed E-state index contributed by atoms with van der Waals surface area (Å²) in [5.41, 5.74) is 0.736. The van der Waals surface area contributed by atoms with Crippen LogP contribution in [0.25, 0.3) is 11.5 Å². The highest BCUT2D eigenvalue weighted by Gasteiger charge is 2.04. The fourth-order valence-corrected chi connectivity index (χ4v) is 0.865. The number of rotatable bonds is 0. The molecule has 2 aliphatic heterocycles. The van der Waals surface area contributed by atoms with E-state index in [1.807, 2.05) is 0 Å². The van der Waals surface area contributed by atoms with Crippen LogP contribution in [0.1, 0.15) is 0 Å². The van der Waals surface area contributed by atoms with Crippen molar-refractivity contribution in [3.05, 3.63) is 17.5 Å². The SMILES string of the molecule is Clc1cc2ncnc-2[nH]n1. The molecule has 0 fully saturated rings. The highest BCUT2D eigenvalue weighted by Crippen LogP contribution is 2.14. The molecule has 0 aromatic heterocycles. The second-order valence-corrected chi connectivity index (χ2v) is 2.19. The van der Waals surface area contributed by atoms with E-state index in [0.717, 1.165) is 5.69 Å². The van der Waals surface area contributed by atoms with Crippen molar-refractivity contribution in [2.75, 3.05) is 0 Å². The largest absolute Gasteiger partial charge is 0.258 e. The summed E-state index contributed by atoms with van der Waals surface area (Å²) in [5.74, 6) is 0.657. The number of fused-ring (bicyclic) bond motifs is 1. The second-order valence-electron chi connectivity index (χ2n) is 1.80. The molecule has 0 amide bonds. The topological polar surface area (TPSA) is 54.5 Å². The molecule has 0 aromatic rings. The summed E-state index contributed by atoms with van der Waals surface area (Å²) in [6.45, 7) is 0. The molecule has 0 unspecified atom stereocenters. The molecule has 5 heteroatoms. The van der Waals surface area contributed by atoms with E-state index in [-0.39, 0.29) is 0 Å². The van der Waals surface area contributed by atoms with Crippen LogP contribution in [0.4, 0.5) is 0 Å². The number of imidazole rings is 1. The maximum atomic E-state index is 5.57. The third kappa shape index (κ3) is 0.733. The van der Waals surface area contributed by atoms with Gasteiger partial charge in [-0.3, -0.25) is 5.10 Å². The molecule has 50 valence electrons. The summed E-state index contributed by atoms with van der Waals surface area (Å²) in [6, 6.07) is 1.65. The van der Waals surface area contributed by atoms with Crippen LogP contribution in [-0.4, -0.2) is 20.2 Å². The van der Waals surface area contributed by atoms with Gasteiger partial charge in [0.05, 0.1) is 0 Å². The van der Waals surface area contributed by atoms with Gasteiger partial charge in [-0.25, -0.2) is 9.97 Å². The lowest BCUT2D eigenvalue weighted by molar-refractivity contribution is 1.01. The average molecular weight is 155 g/mol. The second kappa shape index (κ2) is 1.91. The van der Waals surface area contributed by atoms with Gasteiger partial charge in [0.2, 0.25) is 0 Å². The van der Waals surface area contributed by atoms with Crippen molar-refractivity contribution in [3.8, 4) is 11.5 Å². The van der Waals surface area contributed by atoms with Crippen LogP contribution < -0.4 is 0 Å². The molecule has 0 radical (unpaired) electrons. The Labute approximate surface area is 61.6 Å². The molecule has 0 aliphatic carbocycles. The zero-order valence-electron chi connectivity index (χ0n) is 4.87. The van der Waals surface area contributed by atoms with Crippen LogP contribution in [0, 0.1) is 0 Å². The molecule has 0 atom stereocenters. The summed E-state index contributed by atoms with van der Waals surface area (Å²) in [4.78, 5) is 7.78. The Balaban J connectivity index is 2.75. The number of aromatic nitrogens is 4. The van der Waals surface area contributed by atoms with Gasteiger partial charge < -0.3 is 0 Å². The minimum atomic E-state index is 0.396. The quantitative estimate of drug-likeness (QED) is 0.615. The molecule has 2 rings (SSSR count). The van der Waals surface area contributed by atoms with Crippen LogP contribution in [0.2, 0.25) is 5.15 Å². The van der Waals surface area contributed by atoms with Gasteiger partial charge in [-0.2, -0.15) is 5.10 Å². The Morgan fingerprint density at radius 1 is 1.40 bits per heavy atom. The van der Waals surface area contributed by atoms with Gasteiger partial charge in [-0.1, -0.05) is 11.6 Å². The van der Waals surface area contributed by atoms with Gasteiger partial charge in [0.1, 0.15) is 12.0 Å². The number of aromatic amines is 1. The van der Waals surface area contributed by atoms with E-state index in [1.165, 1.54) is 6.33 Å². The Kier molecular flexibility index (Phi) is 1.07. The lowest BCUT2D eigenvalue weighted by Gasteiger charge is -1.92. The van der Waals surface area contributed by atoms with E-state index >= 15 is 0 Å². The smallest absolute Gasteiger partial charge is 0.174 e. The number of nitrogens with one attached hydrogen (secondary N) is 1. The molecule has 2 aliphatic rings. The maximum Gasteiger partial charge on any atom is 0.174 e. The fourth-order valence-electron chi connectivity index (χ4n) is 0.719. The van der Waals surface area contributed by atoms with Crippen molar-refractivity contribution in [1.82, 2.24) is 20.2 Å². The standard InChI is InChI=1S/C5H3ClN4/c6-4-1-3-5(10-9-4)8-2-7-3/h1-2H,(H,7,8,10). The predicted octanol–water partition coefficient (Wildman–Crippen LogP) is 0.958. The Bertz CT molecular complexity index is 318. The number of H-pyrrole nitrogens is 1. The van der Waals surface area contributed by atoms with Gasteiger partial charge in [0.25, 0.3) is 0 Å². The minimum Gasteiger partial charge on any atom is -0.258 e. The van der Waals surface area contributed by atoms with Crippen molar-refractivity contribution < 1.29 is 0 Å². The summed E-state index contributed by atoms with van der Waals surface area (Å²) in [6.07, 6.45) is 1.46. The Morgan fingerprint density at radius 3 is 3.20 bits per heavy atom. The highest BCUT2D eigenvalue weighted by atomic mass is 35.5. The van der Waals surface area contributed by atoms with Crippen LogP contribution in [0.3, 0.4) is 0 Å². The van der Waals surface area contributed by atoms with E-state index in [9.17, 15) is 0 Å². The molecular formula is C5H3ClN4. The summed E-state index contributed by atoms with van der Waals surface area (Å²) in [7, 11) is 0. The van der Waals surface area contributed by atoms with Crippen LogP contribution >= 0.6 is 11.6 Å². The lowest BCUT2D eigenvalue weighted by Crippen LogP contribution is -1.88. The van der Waals surface area contributed by atoms with E-state index in [1.54, 1.807) is 6.07 Å². The Hall–Kier alpha value is -1.16. The first-order valence-electron chi connectivity index (χ1n) is 2.68. The van der Waals surface area contributed by atoms with Crippen molar-refractivity contribution in [1.29, 1.82) is 0 Å². The molecule has 0 saturated carbocycles. The number of hydrogen-bond acceptors (Lipinski definition) is 3. The van der Waals surface area contributed by atoms with Gasteiger partial charge in [0, 0.05) is 6.07 Å². The average Bonchev–Trinajstić information content (AvgIpc) is 2.33. The first kappa shape index (κ1) is 5.61. The number of hydrogen-bond donors (Lipinski definition) is 1. The van der Waals surface area contributed by atoms with E-state index < -0.39 is 0 Å². The maximum absolute atomic E-state index is 5.57. The van der Waals surface area contributed by atoms with Crippen molar-refractivity contribution in [3.63, 3.8) is 0 Å². The predicted molar refractivity (Wildman–Crippen MR) is 35.8 cm³/mol. The first-order valence-corrected chi connectivity index (χ1v) is 3.06. The summed E-state index contributed by atoms with van der Waals surface area (Å²) >= 11 is 5.57. The molecule has 0 spiro atoms. The van der Waals surface area contributed by atoms with Gasteiger partial charge in [-0.05, 0) is 0 Å². The summed E-state index contributed by atoms with van der Waals surface area (Å²) in [5, 5.41) is 6.76. The molecule has 10 heavy (non-hydrogen) atoms. The summed E-state index contributed by atoms with van der Waals surface area (Å²) < 4.78 is 0. The molecule has 2 heterocycles. The third-order valence-electron chi connectivity index (χ3n) is 1.15. The first-order chi connectivity index (χ1) is 4.86. The van der Waals surface area contributed by atoms with Crippen LogP contribution in [0.15, 0.2) is 12.4 Å². The molecule has 0 saturated heterocycles. The number of halogens is 1. The van der Waals surface area contributed by atoms with Gasteiger partial charge >= 0.3 is 0 Å².